The molecule has 2 saturated heterocycles. The van der Waals surface area contributed by atoms with Crippen LogP contribution in [0.1, 0.15) is 18.5 Å². The van der Waals surface area contributed by atoms with Crippen molar-refractivity contribution in [3.05, 3.63) is 28.5 Å². The summed E-state index contributed by atoms with van der Waals surface area (Å²) in [6.45, 7) is 2.81. The Balaban J connectivity index is 1.38. The second-order valence-corrected chi connectivity index (χ2v) is 7.18. The van der Waals surface area contributed by atoms with Gasteiger partial charge in [0.15, 0.2) is 16.4 Å². The van der Waals surface area contributed by atoms with Crippen LogP contribution in [0.3, 0.4) is 0 Å². The minimum Gasteiger partial charge on any atom is -0.350 e. The first kappa shape index (κ1) is 16.1. The summed E-state index contributed by atoms with van der Waals surface area (Å²) in [4.78, 5) is 19.4. The Bertz CT molecular complexity index is 758. The summed E-state index contributed by atoms with van der Waals surface area (Å²) in [5.41, 5.74) is 0.740. The van der Waals surface area contributed by atoms with Crippen LogP contribution in [0, 0.1) is 5.92 Å². The molecule has 24 heavy (non-hydrogen) atoms. The third-order valence-electron chi connectivity index (χ3n) is 4.52. The number of imidazole rings is 1. The summed E-state index contributed by atoms with van der Waals surface area (Å²) in [6, 6.07) is 0. The fourth-order valence-corrected chi connectivity index (χ4v) is 4.23. The van der Waals surface area contributed by atoms with Gasteiger partial charge in [0, 0.05) is 36.7 Å². The van der Waals surface area contributed by atoms with E-state index in [0.717, 1.165) is 36.6 Å². The molecule has 1 amide bonds. The number of hydrogen-bond donors (Lipinski definition) is 0. The van der Waals surface area contributed by atoms with Crippen molar-refractivity contribution < 1.29 is 14.3 Å². The molecule has 2 aromatic rings. The van der Waals surface area contributed by atoms with Crippen molar-refractivity contribution in [3.8, 4) is 0 Å². The molecule has 2 aliphatic heterocycles. The van der Waals surface area contributed by atoms with Gasteiger partial charge in [-0.05, 0) is 18.9 Å². The Labute approximate surface area is 148 Å². The molecule has 0 aromatic carbocycles. The minimum atomic E-state index is -0.0877. The number of aromatic nitrogens is 2. The molecular formula is C16H18ClN3O3S. The lowest BCUT2D eigenvalue weighted by atomic mass is 9.96. The first-order chi connectivity index (χ1) is 11.7. The number of halogens is 1. The molecule has 0 spiro atoms. The number of thiazole rings is 1. The van der Waals surface area contributed by atoms with Crippen LogP contribution in [0.2, 0.25) is 5.15 Å². The predicted octanol–water partition coefficient (Wildman–Crippen LogP) is 2.67. The highest BCUT2D eigenvalue weighted by atomic mass is 35.5. The van der Waals surface area contributed by atoms with Gasteiger partial charge in [-0.3, -0.25) is 9.20 Å². The molecule has 0 bridgehead atoms. The van der Waals surface area contributed by atoms with Gasteiger partial charge in [-0.25, -0.2) is 4.98 Å². The molecule has 0 aliphatic carbocycles. The number of piperidine rings is 1. The predicted molar refractivity (Wildman–Crippen MR) is 92.1 cm³/mol. The third kappa shape index (κ3) is 3.09. The van der Waals surface area contributed by atoms with E-state index >= 15 is 0 Å². The van der Waals surface area contributed by atoms with E-state index in [1.807, 2.05) is 20.9 Å². The molecule has 8 heteroatoms. The van der Waals surface area contributed by atoms with Crippen LogP contribution in [0.15, 0.2) is 17.7 Å². The molecule has 0 atom stereocenters. The lowest BCUT2D eigenvalue weighted by molar-refractivity contribution is -0.131. The molecule has 0 radical (unpaired) electrons. The summed E-state index contributed by atoms with van der Waals surface area (Å²) in [5.74, 6) is 0.387. The van der Waals surface area contributed by atoms with Gasteiger partial charge in [-0.15, -0.1) is 11.3 Å². The van der Waals surface area contributed by atoms with E-state index in [4.69, 9.17) is 21.1 Å². The first-order valence-electron chi connectivity index (χ1n) is 8.03. The quantitative estimate of drug-likeness (QED) is 0.783. The van der Waals surface area contributed by atoms with Gasteiger partial charge in [0.2, 0.25) is 5.91 Å². The van der Waals surface area contributed by atoms with Gasteiger partial charge in [-0.2, -0.15) is 0 Å². The molecule has 4 rings (SSSR count). The van der Waals surface area contributed by atoms with Gasteiger partial charge >= 0.3 is 0 Å². The van der Waals surface area contributed by atoms with Crippen molar-refractivity contribution in [1.29, 1.82) is 0 Å². The highest BCUT2D eigenvalue weighted by Crippen LogP contribution is 2.26. The van der Waals surface area contributed by atoms with E-state index in [1.54, 1.807) is 12.2 Å². The number of likely N-dealkylation sites (tertiary alicyclic amines) is 1. The largest absolute Gasteiger partial charge is 0.350 e. The minimum absolute atomic E-state index is 0.00274. The SMILES string of the molecule is O=C(/C=C/c1c(Cl)nc2sccn12)N1CCC(C2OCCO2)CC1. The molecule has 4 heterocycles. The molecule has 0 unspecified atom stereocenters. The Hall–Kier alpha value is -1.41. The summed E-state index contributed by atoms with van der Waals surface area (Å²) in [7, 11) is 0. The number of rotatable bonds is 3. The molecule has 2 fully saturated rings. The third-order valence-corrected chi connectivity index (χ3v) is 5.56. The fraction of sp³-hybridized carbons (Fsp3) is 0.500. The van der Waals surface area contributed by atoms with Crippen LogP contribution < -0.4 is 0 Å². The lowest BCUT2D eigenvalue weighted by Crippen LogP contribution is -2.40. The summed E-state index contributed by atoms with van der Waals surface area (Å²) < 4.78 is 13.0. The number of hydrogen-bond acceptors (Lipinski definition) is 5. The normalized spacial score (nSPS) is 20.6. The van der Waals surface area contributed by atoms with Crippen LogP contribution in [-0.2, 0) is 14.3 Å². The van der Waals surface area contributed by atoms with Gasteiger partial charge in [-0.1, -0.05) is 11.6 Å². The lowest BCUT2D eigenvalue weighted by Gasteiger charge is -2.33. The van der Waals surface area contributed by atoms with E-state index < -0.39 is 0 Å². The maximum absolute atomic E-state index is 12.4. The van der Waals surface area contributed by atoms with Crippen LogP contribution in [-0.4, -0.2) is 52.8 Å². The zero-order chi connectivity index (χ0) is 16.5. The average Bonchev–Trinajstić information content (AvgIpc) is 3.31. The van der Waals surface area contributed by atoms with Crippen LogP contribution >= 0.6 is 22.9 Å². The van der Waals surface area contributed by atoms with E-state index in [2.05, 4.69) is 4.98 Å². The van der Waals surface area contributed by atoms with Gasteiger partial charge in [0.1, 0.15) is 0 Å². The maximum Gasteiger partial charge on any atom is 0.246 e. The van der Waals surface area contributed by atoms with Crippen LogP contribution in [0.5, 0.6) is 0 Å². The molecular weight excluding hydrogens is 350 g/mol. The molecule has 0 N–H and O–H groups in total. The van der Waals surface area contributed by atoms with Gasteiger partial charge < -0.3 is 14.4 Å². The number of carbonyl (C=O) groups excluding carboxylic acids is 1. The molecule has 128 valence electrons. The molecule has 2 aromatic heterocycles. The first-order valence-corrected chi connectivity index (χ1v) is 9.29. The Kier molecular flexibility index (Phi) is 4.58. The van der Waals surface area contributed by atoms with Crippen molar-refractivity contribution in [2.24, 2.45) is 5.92 Å². The monoisotopic (exact) mass is 367 g/mol. The van der Waals surface area contributed by atoms with E-state index in [-0.39, 0.29) is 12.2 Å². The summed E-state index contributed by atoms with van der Waals surface area (Å²) in [5, 5.41) is 2.36. The smallest absolute Gasteiger partial charge is 0.246 e. The second-order valence-electron chi connectivity index (χ2n) is 5.95. The average molecular weight is 368 g/mol. The molecule has 2 aliphatic rings. The number of amides is 1. The number of ether oxygens (including phenoxy) is 2. The van der Waals surface area contributed by atoms with Crippen molar-refractivity contribution in [3.63, 3.8) is 0 Å². The Morgan fingerprint density at radius 2 is 2.08 bits per heavy atom. The van der Waals surface area contributed by atoms with Crippen molar-refractivity contribution in [2.45, 2.75) is 19.1 Å². The van der Waals surface area contributed by atoms with Crippen LogP contribution in [0.25, 0.3) is 11.0 Å². The van der Waals surface area contributed by atoms with E-state index in [9.17, 15) is 4.79 Å². The fourth-order valence-electron chi connectivity index (χ4n) is 3.22. The number of nitrogens with zero attached hydrogens (tertiary/aromatic N) is 3. The Morgan fingerprint density at radius 3 is 2.83 bits per heavy atom. The summed E-state index contributed by atoms with van der Waals surface area (Å²) in [6.07, 6.45) is 6.95. The van der Waals surface area contributed by atoms with Crippen molar-refractivity contribution in [2.75, 3.05) is 26.3 Å². The van der Waals surface area contributed by atoms with E-state index in [0.29, 0.717) is 24.3 Å². The topological polar surface area (TPSA) is 56.1 Å². The van der Waals surface area contributed by atoms with Crippen molar-refractivity contribution in [1.82, 2.24) is 14.3 Å². The second kappa shape index (κ2) is 6.84. The zero-order valence-electron chi connectivity index (χ0n) is 13.1. The van der Waals surface area contributed by atoms with Crippen molar-refractivity contribution >= 4 is 39.9 Å². The van der Waals surface area contributed by atoms with Gasteiger partial charge in [0.25, 0.3) is 0 Å². The highest BCUT2D eigenvalue weighted by molar-refractivity contribution is 7.15. The zero-order valence-corrected chi connectivity index (χ0v) is 14.6. The molecule has 0 saturated carbocycles. The van der Waals surface area contributed by atoms with Gasteiger partial charge in [0.05, 0.1) is 18.9 Å². The maximum atomic E-state index is 12.4. The standard InChI is InChI=1S/C16H18ClN3O3S/c17-14-12(20-7-10-24-16(20)18-14)1-2-13(21)19-5-3-11(4-6-19)15-22-8-9-23-15/h1-2,7,10-11,15H,3-6,8-9H2/b2-1+. The van der Waals surface area contributed by atoms with Crippen LogP contribution in [0.4, 0.5) is 0 Å². The molecule has 6 nitrogen and oxygen atoms in total. The number of carbonyl (C=O) groups is 1. The summed E-state index contributed by atoms with van der Waals surface area (Å²) >= 11 is 7.65. The number of fused-ring (bicyclic) bond motifs is 1. The highest BCUT2D eigenvalue weighted by Gasteiger charge is 2.31. The van der Waals surface area contributed by atoms with E-state index in [1.165, 1.54) is 11.3 Å². The Morgan fingerprint density at radius 1 is 1.33 bits per heavy atom.